The van der Waals surface area contributed by atoms with Crippen molar-refractivity contribution in [2.75, 3.05) is 13.2 Å². The highest BCUT2D eigenvalue weighted by Gasteiger charge is 2.23. The molecule has 2 rings (SSSR count). The molecule has 2 atom stereocenters. The molecule has 106 valence electrons. The summed E-state index contributed by atoms with van der Waals surface area (Å²) < 4.78 is 5.59. The van der Waals surface area contributed by atoms with E-state index in [4.69, 9.17) is 4.74 Å². The van der Waals surface area contributed by atoms with E-state index in [-0.39, 0.29) is 0 Å². The zero-order valence-corrected chi connectivity index (χ0v) is 11.9. The molecular weight excluding hydrogens is 238 g/mol. The van der Waals surface area contributed by atoms with E-state index < -0.39 is 6.10 Å². The second kappa shape index (κ2) is 6.92. The average molecular weight is 263 g/mol. The second-order valence-corrected chi connectivity index (χ2v) is 5.67. The van der Waals surface area contributed by atoms with Crippen LogP contribution in [0.1, 0.15) is 31.7 Å². The van der Waals surface area contributed by atoms with Gasteiger partial charge in [0.25, 0.3) is 0 Å². The summed E-state index contributed by atoms with van der Waals surface area (Å²) in [6, 6.07) is 8.41. The lowest BCUT2D eigenvalue weighted by molar-refractivity contribution is 0.0981. The lowest BCUT2D eigenvalue weighted by Crippen LogP contribution is -2.42. The van der Waals surface area contributed by atoms with Gasteiger partial charge in [-0.2, -0.15) is 0 Å². The van der Waals surface area contributed by atoms with Gasteiger partial charge in [0, 0.05) is 12.6 Å². The molecule has 0 aliphatic heterocycles. The molecule has 0 bridgehead atoms. The van der Waals surface area contributed by atoms with E-state index in [1.54, 1.807) is 0 Å². The maximum absolute atomic E-state index is 9.91. The highest BCUT2D eigenvalue weighted by molar-refractivity contribution is 5.27. The molecule has 19 heavy (non-hydrogen) atoms. The summed E-state index contributed by atoms with van der Waals surface area (Å²) in [5, 5.41) is 13.3. The van der Waals surface area contributed by atoms with Crippen LogP contribution < -0.4 is 10.1 Å². The smallest absolute Gasteiger partial charge is 0.119 e. The monoisotopic (exact) mass is 263 g/mol. The van der Waals surface area contributed by atoms with E-state index in [1.165, 1.54) is 24.8 Å². The summed E-state index contributed by atoms with van der Waals surface area (Å²) >= 11 is 0. The van der Waals surface area contributed by atoms with Crippen LogP contribution in [-0.4, -0.2) is 30.4 Å². The van der Waals surface area contributed by atoms with Gasteiger partial charge < -0.3 is 15.2 Å². The van der Waals surface area contributed by atoms with Crippen molar-refractivity contribution in [3.63, 3.8) is 0 Å². The number of aliphatic hydroxyl groups excluding tert-OH is 1. The van der Waals surface area contributed by atoms with Crippen LogP contribution in [0.5, 0.6) is 5.75 Å². The van der Waals surface area contributed by atoms with Gasteiger partial charge in [0.2, 0.25) is 0 Å². The van der Waals surface area contributed by atoms with Gasteiger partial charge in [-0.15, -0.1) is 0 Å². The molecule has 2 N–H and O–H groups in total. The van der Waals surface area contributed by atoms with Crippen LogP contribution in [-0.2, 0) is 0 Å². The van der Waals surface area contributed by atoms with Crippen molar-refractivity contribution in [1.82, 2.24) is 5.32 Å². The summed E-state index contributed by atoms with van der Waals surface area (Å²) in [5.74, 6) is 1.62. The van der Waals surface area contributed by atoms with E-state index in [0.29, 0.717) is 19.2 Å². The normalized spacial score (nSPS) is 18.7. The Bertz CT molecular complexity index is 390. The molecule has 0 spiro atoms. The highest BCUT2D eigenvalue weighted by atomic mass is 16.5. The number of aryl methyl sites for hydroxylation is 1. The second-order valence-electron chi connectivity index (χ2n) is 5.67. The first-order valence-corrected chi connectivity index (χ1v) is 7.26. The largest absolute Gasteiger partial charge is 0.491 e. The molecule has 1 aliphatic rings. The number of ether oxygens (including phenoxy) is 1. The van der Waals surface area contributed by atoms with Crippen molar-refractivity contribution in [3.8, 4) is 5.75 Å². The zero-order chi connectivity index (χ0) is 13.7. The number of rotatable bonds is 7. The number of hydrogen-bond donors (Lipinski definition) is 2. The minimum Gasteiger partial charge on any atom is -0.491 e. The number of aliphatic hydroxyl groups is 1. The first kappa shape index (κ1) is 14.4. The van der Waals surface area contributed by atoms with E-state index in [1.807, 2.05) is 31.2 Å². The molecule has 0 saturated heterocycles. The average Bonchev–Trinajstić information content (AvgIpc) is 2.32. The number of hydrogen-bond acceptors (Lipinski definition) is 3. The Kier molecular flexibility index (Phi) is 5.23. The minimum atomic E-state index is -0.456. The standard InChI is InChI=1S/C16H25NO2/c1-12-5-3-8-16(9-12)19-11-15(18)10-17-13(2)14-6-4-7-14/h3,5,8-9,13-15,17-18H,4,6-7,10-11H2,1-2H3. The fraction of sp³-hybridized carbons (Fsp3) is 0.625. The van der Waals surface area contributed by atoms with Crippen molar-refractivity contribution < 1.29 is 9.84 Å². The van der Waals surface area contributed by atoms with Crippen LogP contribution in [0.3, 0.4) is 0 Å². The highest BCUT2D eigenvalue weighted by Crippen LogP contribution is 2.29. The SMILES string of the molecule is Cc1cccc(OCC(O)CNC(C)C2CCC2)c1. The lowest BCUT2D eigenvalue weighted by atomic mass is 9.80. The molecule has 0 heterocycles. The van der Waals surface area contributed by atoms with Crippen LogP contribution in [0.2, 0.25) is 0 Å². The van der Waals surface area contributed by atoms with Gasteiger partial charge >= 0.3 is 0 Å². The Morgan fingerprint density at radius 2 is 2.21 bits per heavy atom. The molecule has 0 aromatic heterocycles. The first-order chi connectivity index (χ1) is 9.15. The molecule has 2 unspecified atom stereocenters. The van der Waals surface area contributed by atoms with Crippen molar-refractivity contribution in [3.05, 3.63) is 29.8 Å². The van der Waals surface area contributed by atoms with Gasteiger partial charge in [0.15, 0.2) is 0 Å². The fourth-order valence-corrected chi connectivity index (χ4v) is 2.38. The maximum Gasteiger partial charge on any atom is 0.119 e. The summed E-state index contributed by atoms with van der Waals surface area (Å²) in [5.41, 5.74) is 1.17. The minimum absolute atomic E-state index is 0.341. The van der Waals surface area contributed by atoms with Crippen LogP contribution in [0.15, 0.2) is 24.3 Å². The quantitative estimate of drug-likeness (QED) is 0.794. The molecule has 1 aromatic carbocycles. The third-order valence-electron chi connectivity index (χ3n) is 3.96. The van der Waals surface area contributed by atoms with E-state index >= 15 is 0 Å². The van der Waals surface area contributed by atoms with Crippen molar-refractivity contribution in [1.29, 1.82) is 0 Å². The summed E-state index contributed by atoms with van der Waals surface area (Å²) in [6.45, 7) is 5.18. The van der Waals surface area contributed by atoms with Crippen molar-refractivity contribution in [2.24, 2.45) is 5.92 Å². The molecular formula is C16H25NO2. The zero-order valence-electron chi connectivity index (χ0n) is 11.9. The summed E-state index contributed by atoms with van der Waals surface area (Å²) in [4.78, 5) is 0. The molecule has 1 aromatic rings. The third kappa shape index (κ3) is 4.51. The van der Waals surface area contributed by atoms with Gasteiger partial charge in [-0.05, 0) is 50.3 Å². The Balaban J connectivity index is 1.65. The Morgan fingerprint density at radius 1 is 1.42 bits per heavy atom. The Labute approximate surface area is 116 Å². The fourth-order valence-electron chi connectivity index (χ4n) is 2.38. The summed E-state index contributed by atoms with van der Waals surface area (Å²) in [6.07, 6.45) is 3.55. The van der Waals surface area contributed by atoms with E-state index in [0.717, 1.165) is 11.7 Å². The van der Waals surface area contributed by atoms with E-state index in [9.17, 15) is 5.11 Å². The van der Waals surface area contributed by atoms with Crippen molar-refractivity contribution in [2.45, 2.75) is 45.3 Å². The van der Waals surface area contributed by atoms with Crippen LogP contribution >= 0.6 is 0 Å². The van der Waals surface area contributed by atoms with Crippen LogP contribution in [0, 0.1) is 12.8 Å². The van der Waals surface area contributed by atoms with Crippen LogP contribution in [0.4, 0.5) is 0 Å². The third-order valence-corrected chi connectivity index (χ3v) is 3.96. The topological polar surface area (TPSA) is 41.5 Å². The van der Waals surface area contributed by atoms with E-state index in [2.05, 4.69) is 12.2 Å². The first-order valence-electron chi connectivity index (χ1n) is 7.26. The Morgan fingerprint density at radius 3 is 2.84 bits per heavy atom. The number of nitrogens with one attached hydrogen (secondary N) is 1. The maximum atomic E-state index is 9.91. The van der Waals surface area contributed by atoms with Gasteiger partial charge in [-0.25, -0.2) is 0 Å². The molecule has 0 amide bonds. The molecule has 1 fully saturated rings. The van der Waals surface area contributed by atoms with Gasteiger partial charge in [-0.3, -0.25) is 0 Å². The van der Waals surface area contributed by atoms with Gasteiger partial charge in [-0.1, -0.05) is 18.6 Å². The predicted molar refractivity (Wildman–Crippen MR) is 77.5 cm³/mol. The van der Waals surface area contributed by atoms with Crippen molar-refractivity contribution >= 4 is 0 Å². The predicted octanol–water partition coefficient (Wildman–Crippen LogP) is 2.51. The lowest BCUT2D eigenvalue weighted by Gasteiger charge is -2.32. The summed E-state index contributed by atoms with van der Waals surface area (Å²) in [7, 11) is 0. The van der Waals surface area contributed by atoms with Gasteiger partial charge in [0.1, 0.15) is 18.5 Å². The molecule has 0 radical (unpaired) electrons. The number of benzene rings is 1. The molecule has 3 heteroatoms. The molecule has 1 saturated carbocycles. The van der Waals surface area contributed by atoms with Crippen LogP contribution in [0.25, 0.3) is 0 Å². The van der Waals surface area contributed by atoms with Gasteiger partial charge in [0.05, 0.1) is 0 Å². The Hall–Kier alpha value is -1.06. The molecule has 3 nitrogen and oxygen atoms in total. The molecule has 1 aliphatic carbocycles.